The highest BCUT2D eigenvalue weighted by Crippen LogP contribution is 2.29. The maximum atomic E-state index is 9.91. The van der Waals surface area contributed by atoms with Gasteiger partial charge in [-0.25, -0.2) is 0 Å². The Morgan fingerprint density at radius 3 is 2.86 bits per heavy atom. The molecule has 0 saturated heterocycles. The van der Waals surface area contributed by atoms with E-state index in [2.05, 4.69) is 18.0 Å². The second-order valence-corrected chi connectivity index (χ2v) is 5.51. The van der Waals surface area contributed by atoms with Gasteiger partial charge in [-0.05, 0) is 30.3 Å². The molecule has 2 rings (SSSR count). The Bertz CT molecular complexity index is 613. The third-order valence-electron chi connectivity index (χ3n) is 3.00. The summed E-state index contributed by atoms with van der Waals surface area (Å²) in [6.45, 7) is 4.28. The summed E-state index contributed by atoms with van der Waals surface area (Å²) in [4.78, 5) is 1.17. The van der Waals surface area contributed by atoms with Crippen LogP contribution in [0.4, 0.5) is 5.69 Å². The summed E-state index contributed by atoms with van der Waals surface area (Å²) < 4.78 is 5.18. The molecule has 21 heavy (non-hydrogen) atoms. The fraction of sp³-hybridized carbons (Fsp3) is 0.176. The van der Waals surface area contributed by atoms with Gasteiger partial charge in [0.2, 0.25) is 0 Å². The van der Waals surface area contributed by atoms with Gasteiger partial charge in [-0.2, -0.15) is 0 Å². The monoisotopic (exact) mass is 301 g/mol. The Morgan fingerprint density at radius 1 is 1.29 bits per heavy atom. The summed E-state index contributed by atoms with van der Waals surface area (Å²) in [5.41, 5.74) is 1.85. The third-order valence-corrected chi connectivity index (χ3v) is 4.07. The number of benzene rings is 2. The average Bonchev–Trinajstić information content (AvgIpc) is 2.53. The predicted molar refractivity (Wildman–Crippen MR) is 89.3 cm³/mol. The van der Waals surface area contributed by atoms with Crippen LogP contribution in [0.5, 0.6) is 11.5 Å². The number of phenols is 1. The molecule has 0 atom stereocenters. The van der Waals surface area contributed by atoms with E-state index in [4.69, 9.17) is 4.74 Å². The van der Waals surface area contributed by atoms with Gasteiger partial charge in [0.05, 0.1) is 7.11 Å². The van der Waals surface area contributed by atoms with Gasteiger partial charge in [-0.1, -0.05) is 18.2 Å². The number of hydrogen-bond acceptors (Lipinski definition) is 4. The molecular weight excluding hydrogens is 282 g/mol. The van der Waals surface area contributed by atoms with Crippen LogP contribution >= 0.6 is 11.8 Å². The maximum Gasteiger partial charge on any atom is 0.120 e. The van der Waals surface area contributed by atoms with Crippen LogP contribution in [0.25, 0.3) is 0 Å². The van der Waals surface area contributed by atoms with Crippen molar-refractivity contribution in [3.8, 4) is 11.5 Å². The molecule has 0 amide bonds. The molecule has 0 aromatic heterocycles. The van der Waals surface area contributed by atoms with Crippen molar-refractivity contribution in [2.75, 3.05) is 18.2 Å². The van der Waals surface area contributed by atoms with Crippen molar-refractivity contribution in [3.05, 3.63) is 60.7 Å². The Balaban J connectivity index is 2.11. The first-order chi connectivity index (χ1) is 10.2. The highest BCUT2D eigenvalue weighted by atomic mass is 32.2. The van der Waals surface area contributed by atoms with Gasteiger partial charge in [0.1, 0.15) is 11.5 Å². The van der Waals surface area contributed by atoms with Crippen LogP contribution < -0.4 is 10.1 Å². The predicted octanol–water partition coefficient (Wildman–Crippen LogP) is 4.29. The maximum absolute atomic E-state index is 9.91. The summed E-state index contributed by atoms with van der Waals surface area (Å²) in [6, 6.07) is 13.3. The van der Waals surface area contributed by atoms with Crippen LogP contribution in [0.2, 0.25) is 0 Å². The molecule has 0 unspecified atom stereocenters. The Hall–Kier alpha value is -2.07. The van der Waals surface area contributed by atoms with E-state index in [1.807, 2.05) is 30.3 Å². The van der Waals surface area contributed by atoms with E-state index < -0.39 is 0 Å². The number of anilines is 1. The molecule has 110 valence electrons. The van der Waals surface area contributed by atoms with Crippen LogP contribution in [-0.2, 0) is 6.54 Å². The van der Waals surface area contributed by atoms with Gasteiger partial charge >= 0.3 is 0 Å². The molecule has 0 radical (unpaired) electrons. The van der Waals surface area contributed by atoms with Gasteiger partial charge in [-0.3, -0.25) is 0 Å². The number of ether oxygens (including phenoxy) is 1. The first-order valence-electron chi connectivity index (χ1n) is 6.67. The van der Waals surface area contributed by atoms with Crippen molar-refractivity contribution in [2.45, 2.75) is 11.4 Å². The van der Waals surface area contributed by atoms with Gasteiger partial charge in [0, 0.05) is 28.4 Å². The van der Waals surface area contributed by atoms with Crippen LogP contribution in [-0.4, -0.2) is 18.0 Å². The second kappa shape index (κ2) is 7.64. The Kier molecular flexibility index (Phi) is 5.58. The lowest BCUT2D eigenvalue weighted by Crippen LogP contribution is -2.01. The lowest BCUT2D eigenvalue weighted by atomic mass is 10.2. The average molecular weight is 301 g/mol. The van der Waals surface area contributed by atoms with E-state index in [0.29, 0.717) is 6.54 Å². The third kappa shape index (κ3) is 4.20. The Labute approximate surface area is 129 Å². The van der Waals surface area contributed by atoms with Gasteiger partial charge in [0.25, 0.3) is 0 Å². The number of methoxy groups -OCH3 is 1. The number of hydrogen-bond donors (Lipinski definition) is 2. The summed E-state index contributed by atoms with van der Waals surface area (Å²) in [5.74, 6) is 1.86. The molecule has 0 bridgehead atoms. The van der Waals surface area contributed by atoms with E-state index in [0.717, 1.165) is 22.8 Å². The van der Waals surface area contributed by atoms with Gasteiger partial charge in [0.15, 0.2) is 0 Å². The minimum Gasteiger partial charge on any atom is -0.508 e. The number of rotatable bonds is 7. The lowest BCUT2D eigenvalue weighted by Gasteiger charge is -2.12. The van der Waals surface area contributed by atoms with Crippen LogP contribution in [0.15, 0.2) is 60.0 Å². The van der Waals surface area contributed by atoms with Crippen molar-refractivity contribution in [1.82, 2.24) is 0 Å². The second-order valence-electron chi connectivity index (χ2n) is 4.44. The van der Waals surface area contributed by atoms with Crippen molar-refractivity contribution < 1.29 is 9.84 Å². The molecule has 2 aromatic rings. The normalized spacial score (nSPS) is 10.1. The largest absolute Gasteiger partial charge is 0.508 e. The highest BCUT2D eigenvalue weighted by Gasteiger charge is 2.05. The van der Waals surface area contributed by atoms with E-state index in [1.54, 1.807) is 31.0 Å². The fourth-order valence-corrected chi connectivity index (χ4v) is 2.68. The molecule has 0 saturated carbocycles. The number of nitrogens with one attached hydrogen (secondary N) is 1. The number of phenolic OH excluding ortho intramolecular Hbond substituents is 1. The zero-order chi connectivity index (χ0) is 15.1. The summed E-state index contributed by atoms with van der Waals surface area (Å²) in [6.07, 6.45) is 1.88. The highest BCUT2D eigenvalue weighted by molar-refractivity contribution is 7.99. The molecular formula is C17H19NO2S. The van der Waals surface area contributed by atoms with Crippen molar-refractivity contribution in [3.63, 3.8) is 0 Å². The molecule has 0 heterocycles. The molecule has 0 spiro atoms. The minimum atomic E-state index is 0.263. The molecule has 0 aliphatic carbocycles. The summed E-state index contributed by atoms with van der Waals surface area (Å²) >= 11 is 1.73. The van der Waals surface area contributed by atoms with Crippen LogP contribution in [0.3, 0.4) is 0 Å². The van der Waals surface area contributed by atoms with Gasteiger partial charge in [-0.15, -0.1) is 18.3 Å². The molecule has 2 N–H and O–H groups in total. The Morgan fingerprint density at radius 2 is 2.10 bits per heavy atom. The summed E-state index contributed by atoms with van der Waals surface area (Å²) in [5, 5.41) is 13.3. The van der Waals surface area contributed by atoms with E-state index >= 15 is 0 Å². The van der Waals surface area contributed by atoms with Crippen LogP contribution in [0, 0.1) is 0 Å². The summed E-state index contributed by atoms with van der Waals surface area (Å²) in [7, 11) is 1.62. The molecule has 4 heteroatoms. The fourth-order valence-electron chi connectivity index (χ4n) is 1.91. The molecule has 0 aliphatic heterocycles. The SMILES string of the molecule is C=CCSc1ccccc1NCc1cc(OC)ccc1O. The quantitative estimate of drug-likeness (QED) is 0.591. The number of thioether (sulfide) groups is 1. The first-order valence-corrected chi connectivity index (χ1v) is 7.65. The first kappa shape index (κ1) is 15.3. The zero-order valence-electron chi connectivity index (χ0n) is 12.0. The van der Waals surface area contributed by atoms with Crippen molar-refractivity contribution in [2.24, 2.45) is 0 Å². The molecule has 2 aromatic carbocycles. The van der Waals surface area contributed by atoms with Crippen LogP contribution in [0.1, 0.15) is 5.56 Å². The van der Waals surface area contributed by atoms with E-state index in [9.17, 15) is 5.11 Å². The smallest absolute Gasteiger partial charge is 0.120 e. The van der Waals surface area contributed by atoms with E-state index in [1.165, 1.54) is 4.90 Å². The van der Waals surface area contributed by atoms with Crippen molar-refractivity contribution >= 4 is 17.4 Å². The molecule has 3 nitrogen and oxygen atoms in total. The van der Waals surface area contributed by atoms with E-state index in [-0.39, 0.29) is 5.75 Å². The lowest BCUT2D eigenvalue weighted by molar-refractivity contribution is 0.411. The molecule has 0 aliphatic rings. The van der Waals surface area contributed by atoms with Gasteiger partial charge < -0.3 is 15.2 Å². The topological polar surface area (TPSA) is 41.5 Å². The molecule has 0 fully saturated rings. The van der Waals surface area contributed by atoms with Crippen molar-refractivity contribution in [1.29, 1.82) is 0 Å². The number of para-hydroxylation sites is 1. The minimum absolute atomic E-state index is 0.263. The standard InChI is InChI=1S/C17H19NO2S/c1-3-10-21-17-7-5-4-6-15(17)18-12-13-11-14(20-2)8-9-16(13)19/h3-9,11,18-19H,1,10,12H2,2H3. The zero-order valence-corrected chi connectivity index (χ0v) is 12.8. The number of aromatic hydroxyl groups is 1.